The summed E-state index contributed by atoms with van der Waals surface area (Å²) in [6.45, 7) is 15.5. The number of nitrogens with zero attached hydrogens (tertiary/aromatic N) is 3. The minimum absolute atomic E-state index is 0.0397. The van der Waals surface area contributed by atoms with Gasteiger partial charge in [-0.2, -0.15) is 5.10 Å². The smallest absolute Gasteiger partial charge is 0.135 e. The molecule has 0 spiro atoms. The summed E-state index contributed by atoms with van der Waals surface area (Å²) in [5.41, 5.74) is 2.40. The zero-order valence-electron chi connectivity index (χ0n) is 15.1. The molecule has 2 atom stereocenters. The molecule has 1 aliphatic rings. The van der Waals surface area contributed by atoms with Crippen molar-refractivity contribution in [2.45, 2.75) is 78.9 Å². The van der Waals surface area contributed by atoms with Crippen LogP contribution in [0.15, 0.2) is 17.4 Å². The average Bonchev–Trinajstić information content (AvgIpc) is 3.08. The van der Waals surface area contributed by atoms with E-state index in [2.05, 4.69) is 65.9 Å². The first-order chi connectivity index (χ1) is 10.2. The van der Waals surface area contributed by atoms with Crippen LogP contribution >= 0.6 is 0 Å². The summed E-state index contributed by atoms with van der Waals surface area (Å²) in [6, 6.07) is 2.55. The molecule has 0 saturated heterocycles. The number of hydrogen-bond donors (Lipinski definition) is 0. The molecule has 0 radical (unpaired) electrons. The summed E-state index contributed by atoms with van der Waals surface area (Å²) in [5, 5.41) is 9.09. The van der Waals surface area contributed by atoms with Gasteiger partial charge in [0.2, 0.25) is 0 Å². The van der Waals surface area contributed by atoms with Gasteiger partial charge in [0, 0.05) is 24.1 Å². The minimum Gasteiger partial charge on any atom is -0.392 e. The summed E-state index contributed by atoms with van der Waals surface area (Å²) in [5.74, 6) is 0.936. The van der Waals surface area contributed by atoms with Crippen molar-refractivity contribution in [1.29, 1.82) is 0 Å². The van der Waals surface area contributed by atoms with Crippen molar-refractivity contribution in [1.82, 2.24) is 9.78 Å². The molecule has 0 amide bonds. The van der Waals surface area contributed by atoms with Gasteiger partial charge in [-0.25, -0.2) is 0 Å². The van der Waals surface area contributed by atoms with Crippen molar-refractivity contribution in [3.63, 3.8) is 0 Å². The Morgan fingerprint density at radius 3 is 2.45 bits per heavy atom. The largest absolute Gasteiger partial charge is 0.392 e. The molecule has 124 valence electrons. The Morgan fingerprint density at radius 2 is 1.95 bits per heavy atom. The zero-order valence-corrected chi connectivity index (χ0v) is 15.1. The fourth-order valence-corrected chi connectivity index (χ4v) is 3.04. The minimum atomic E-state index is 0.0397. The SMILES string of the molecule is CC(CC(C)(C)c1ccn(C(C)C)n1)C1=NOC(C(C)C)C1. The van der Waals surface area contributed by atoms with Crippen LogP contribution in [0, 0.1) is 11.8 Å². The molecule has 0 saturated carbocycles. The van der Waals surface area contributed by atoms with E-state index in [0.717, 1.165) is 18.5 Å². The van der Waals surface area contributed by atoms with E-state index in [1.165, 1.54) is 5.71 Å². The van der Waals surface area contributed by atoms with E-state index in [1.807, 2.05) is 4.68 Å². The lowest BCUT2D eigenvalue weighted by atomic mass is 9.78. The van der Waals surface area contributed by atoms with Crippen molar-refractivity contribution >= 4 is 5.71 Å². The Labute approximate surface area is 134 Å². The van der Waals surface area contributed by atoms with Gasteiger partial charge in [0.05, 0.1) is 11.4 Å². The molecule has 2 unspecified atom stereocenters. The van der Waals surface area contributed by atoms with Crippen molar-refractivity contribution in [3.8, 4) is 0 Å². The van der Waals surface area contributed by atoms with Crippen LogP contribution in [0.5, 0.6) is 0 Å². The molecule has 0 aromatic carbocycles. The molecule has 1 aromatic heterocycles. The summed E-state index contributed by atoms with van der Waals surface area (Å²) in [6.07, 6.45) is 4.34. The quantitative estimate of drug-likeness (QED) is 0.772. The average molecular weight is 305 g/mol. The molecule has 0 N–H and O–H groups in total. The van der Waals surface area contributed by atoms with Crippen LogP contribution in [0.1, 0.15) is 73.0 Å². The second-order valence-electron chi connectivity index (χ2n) is 7.94. The summed E-state index contributed by atoms with van der Waals surface area (Å²) < 4.78 is 2.03. The fraction of sp³-hybridized carbons (Fsp3) is 0.778. The van der Waals surface area contributed by atoms with Gasteiger partial charge in [0.25, 0.3) is 0 Å². The molecule has 22 heavy (non-hydrogen) atoms. The van der Waals surface area contributed by atoms with Crippen LogP contribution in [0.4, 0.5) is 0 Å². The molecule has 0 bridgehead atoms. The van der Waals surface area contributed by atoms with Gasteiger partial charge in [-0.3, -0.25) is 4.68 Å². The molecule has 1 aliphatic heterocycles. The highest BCUT2D eigenvalue weighted by Gasteiger charge is 2.32. The lowest BCUT2D eigenvalue weighted by molar-refractivity contribution is 0.0521. The van der Waals surface area contributed by atoms with E-state index >= 15 is 0 Å². The lowest BCUT2D eigenvalue weighted by Gasteiger charge is -2.26. The number of hydrogen-bond acceptors (Lipinski definition) is 3. The van der Waals surface area contributed by atoms with Gasteiger partial charge in [-0.1, -0.05) is 39.8 Å². The Morgan fingerprint density at radius 1 is 1.27 bits per heavy atom. The Balaban J connectivity index is 2.02. The maximum absolute atomic E-state index is 5.57. The maximum Gasteiger partial charge on any atom is 0.135 e. The van der Waals surface area contributed by atoms with Crippen LogP contribution < -0.4 is 0 Å². The third-order valence-electron chi connectivity index (χ3n) is 4.68. The monoisotopic (exact) mass is 305 g/mol. The summed E-state index contributed by atoms with van der Waals surface area (Å²) in [7, 11) is 0. The van der Waals surface area contributed by atoms with Crippen molar-refractivity contribution < 1.29 is 4.84 Å². The highest BCUT2D eigenvalue weighted by Crippen LogP contribution is 2.33. The number of aromatic nitrogens is 2. The molecule has 2 heterocycles. The predicted octanol–water partition coefficient (Wildman–Crippen LogP) is 4.57. The second kappa shape index (κ2) is 6.43. The van der Waals surface area contributed by atoms with Crippen LogP contribution in [0.3, 0.4) is 0 Å². The zero-order chi connectivity index (χ0) is 16.5. The van der Waals surface area contributed by atoms with Crippen molar-refractivity contribution in [2.75, 3.05) is 0 Å². The second-order valence-corrected chi connectivity index (χ2v) is 7.94. The predicted molar refractivity (Wildman–Crippen MR) is 91.2 cm³/mol. The molecule has 4 heteroatoms. The summed E-state index contributed by atoms with van der Waals surface area (Å²) >= 11 is 0. The third-order valence-corrected chi connectivity index (χ3v) is 4.68. The Hall–Kier alpha value is -1.32. The fourth-order valence-electron chi connectivity index (χ4n) is 3.04. The van der Waals surface area contributed by atoms with Gasteiger partial charge in [0.1, 0.15) is 6.10 Å². The summed E-state index contributed by atoms with van der Waals surface area (Å²) in [4.78, 5) is 5.57. The van der Waals surface area contributed by atoms with E-state index in [0.29, 0.717) is 17.9 Å². The first kappa shape index (κ1) is 17.0. The van der Waals surface area contributed by atoms with Gasteiger partial charge in [-0.15, -0.1) is 0 Å². The highest BCUT2D eigenvalue weighted by atomic mass is 16.6. The van der Waals surface area contributed by atoms with E-state index in [-0.39, 0.29) is 11.5 Å². The third kappa shape index (κ3) is 3.71. The van der Waals surface area contributed by atoms with E-state index in [4.69, 9.17) is 9.94 Å². The van der Waals surface area contributed by atoms with Gasteiger partial charge in [-0.05, 0) is 38.2 Å². The van der Waals surface area contributed by atoms with E-state index in [1.54, 1.807) is 0 Å². The number of oxime groups is 1. The molecule has 4 nitrogen and oxygen atoms in total. The van der Waals surface area contributed by atoms with Crippen molar-refractivity contribution in [2.24, 2.45) is 17.0 Å². The molecular weight excluding hydrogens is 274 g/mol. The molecule has 2 rings (SSSR count). The Bertz CT molecular complexity index is 528. The first-order valence-electron chi connectivity index (χ1n) is 8.49. The highest BCUT2D eigenvalue weighted by molar-refractivity contribution is 5.87. The van der Waals surface area contributed by atoms with Crippen LogP contribution in [-0.4, -0.2) is 21.6 Å². The van der Waals surface area contributed by atoms with E-state index < -0.39 is 0 Å². The van der Waals surface area contributed by atoms with Crippen LogP contribution in [-0.2, 0) is 10.3 Å². The molecular formula is C18H31N3O. The van der Waals surface area contributed by atoms with Crippen LogP contribution in [0.25, 0.3) is 0 Å². The maximum atomic E-state index is 5.57. The van der Waals surface area contributed by atoms with Crippen molar-refractivity contribution in [3.05, 3.63) is 18.0 Å². The topological polar surface area (TPSA) is 39.4 Å². The standard InChI is InChI=1S/C18H31N3O/c1-12(2)16-10-15(20-22-16)14(5)11-18(6,7)17-8-9-21(19-17)13(3)4/h8-9,12-14,16H,10-11H2,1-7H3. The number of rotatable bonds is 6. The van der Waals surface area contributed by atoms with E-state index in [9.17, 15) is 0 Å². The Kier molecular flexibility index (Phi) is 4.98. The lowest BCUT2D eigenvalue weighted by Crippen LogP contribution is -2.26. The van der Waals surface area contributed by atoms with Gasteiger partial charge < -0.3 is 4.84 Å². The molecule has 0 aliphatic carbocycles. The van der Waals surface area contributed by atoms with Gasteiger partial charge in [0.15, 0.2) is 0 Å². The molecule has 1 aromatic rings. The first-order valence-corrected chi connectivity index (χ1v) is 8.49. The van der Waals surface area contributed by atoms with Crippen LogP contribution in [0.2, 0.25) is 0 Å². The normalized spacial score (nSPS) is 20.4. The van der Waals surface area contributed by atoms with Gasteiger partial charge >= 0.3 is 0 Å². The molecule has 0 fully saturated rings.